The third-order valence-corrected chi connectivity index (χ3v) is 8.67. The number of hydrogen-bond acceptors (Lipinski definition) is 6. The van der Waals surface area contributed by atoms with E-state index in [1.165, 1.54) is 39.9 Å². The Kier molecular flexibility index (Phi) is 8.06. The van der Waals surface area contributed by atoms with Gasteiger partial charge >= 0.3 is 0 Å². The van der Waals surface area contributed by atoms with Gasteiger partial charge in [-0.3, -0.25) is 9.69 Å². The predicted molar refractivity (Wildman–Crippen MR) is 127 cm³/mol. The molecule has 0 unspecified atom stereocenters. The Labute approximate surface area is 194 Å². The van der Waals surface area contributed by atoms with Crippen molar-refractivity contribution in [2.24, 2.45) is 0 Å². The normalized spacial score (nSPS) is 14.2. The van der Waals surface area contributed by atoms with Crippen molar-refractivity contribution in [3.05, 3.63) is 45.8 Å². The van der Waals surface area contributed by atoms with E-state index in [-0.39, 0.29) is 10.8 Å². The summed E-state index contributed by atoms with van der Waals surface area (Å²) in [6, 6.07) is 8.26. The molecular formula is C23H30N4O3S2. The second-order valence-corrected chi connectivity index (χ2v) is 10.9. The van der Waals surface area contributed by atoms with Crippen LogP contribution in [-0.4, -0.2) is 49.7 Å². The maximum Gasteiger partial charge on any atom is 0.256 e. The summed E-state index contributed by atoms with van der Waals surface area (Å²) < 4.78 is 27.3. The van der Waals surface area contributed by atoms with Gasteiger partial charge in [0.25, 0.3) is 5.91 Å². The number of carbonyl (C=O) groups excluding carboxylic acids is 1. The Morgan fingerprint density at radius 3 is 2.41 bits per heavy atom. The molecule has 0 spiro atoms. The van der Waals surface area contributed by atoms with E-state index in [9.17, 15) is 18.5 Å². The van der Waals surface area contributed by atoms with Gasteiger partial charge in [-0.1, -0.05) is 20.8 Å². The van der Waals surface area contributed by atoms with E-state index >= 15 is 0 Å². The molecule has 1 amide bonds. The molecule has 1 aliphatic heterocycles. The van der Waals surface area contributed by atoms with Crippen molar-refractivity contribution >= 4 is 32.3 Å². The van der Waals surface area contributed by atoms with Gasteiger partial charge in [0, 0.05) is 36.6 Å². The van der Waals surface area contributed by atoms with Crippen LogP contribution in [0.25, 0.3) is 0 Å². The second-order valence-electron chi connectivity index (χ2n) is 7.82. The molecule has 1 aromatic carbocycles. The van der Waals surface area contributed by atoms with Crippen molar-refractivity contribution < 1.29 is 13.2 Å². The number of sulfonamides is 1. The molecule has 3 rings (SSSR count). The van der Waals surface area contributed by atoms with Gasteiger partial charge in [-0.25, -0.2) is 8.42 Å². The highest BCUT2D eigenvalue weighted by atomic mass is 32.2. The Balaban J connectivity index is 1.79. The summed E-state index contributed by atoms with van der Waals surface area (Å²) in [6.45, 7) is 9.59. The molecular weight excluding hydrogens is 444 g/mol. The summed E-state index contributed by atoms with van der Waals surface area (Å²) in [5, 5.41) is 13.1. The van der Waals surface area contributed by atoms with Gasteiger partial charge in [-0.05, 0) is 55.6 Å². The van der Waals surface area contributed by atoms with Crippen molar-refractivity contribution in [3.63, 3.8) is 0 Å². The minimum atomic E-state index is -3.59. The Bertz CT molecular complexity index is 1100. The van der Waals surface area contributed by atoms with E-state index in [0.717, 1.165) is 49.3 Å². The van der Waals surface area contributed by atoms with Crippen LogP contribution in [0, 0.1) is 11.3 Å². The minimum Gasteiger partial charge on any atom is -0.312 e. The first-order chi connectivity index (χ1) is 15.3. The lowest BCUT2D eigenvalue weighted by Gasteiger charge is -2.24. The molecule has 1 N–H and O–H groups in total. The molecule has 7 nitrogen and oxygen atoms in total. The first-order valence-corrected chi connectivity index (χ1v) is 13.3. The number of benzene rings is 1. The zero-order valence-corrected chi connectivity index (χ0v) is 20.5. The van der Waals surface area contributed by atoms with Crippen LogP contribution < -0.4 is 5.32 Å². The zero-order valence-electron chi connectivity index (χ0n) is 18.8. The Morgan fingerprint density at radius 1 is 1.19 bits per heavy atom. The lowest BCUT2D eigenvalue weighted by molar-refractivity contribution is 0.102. The number of carbonyl (C=O) groups is 1. The van der Waals surface area contributed by atoms with Crippen molar-refractivity contribution in [1.82, 2.24) is 9.21 Å². The molecule has 0 saturated heterocycles. The smallest absolute Gasteiger partial charge is 0.256 e. The van der Waals surface area contributed by atoms with Gasteiger partial charge in [0.2, 0.25) is 10.0 Å². The number of nitrogens with zero attached hydrogens (tertiary/aromatic N) is 3. The minimum absolute atomic E-state index is 0.180. The lowest BCUT2D eigenvalue weighted by Crippen LogP contribution is -2.32. The summed E-state index contributed by atoms with van der Waals surface area (Å²) in [4.78, 5) is 16.4. The molecule has 32 heavy (non-hydrogen) atoms. The van der Waals surface area contributed by atoms with Crippen LogP contribution >= 0.6 is 11.3 Å². The van der Waals surface area contributed by atoms with E-state index < -0.39 is 10.0 Å². The predicted octanol–water partition coefficient (Wildman–Crippen LogP) is 4.06. The van der Waals surface area contributed by atoms with Crippen molar-refractivity contribution in [2.45, 2.75) is 51.5 Å². The van der Waals surface area contributed by atoms with Crippen LogP contribution in [0.4, 0.5) is 5.00 Å². The van der Waals surface area contributed by atoms with Gasteiger partial charge < -0.3 is 5.32 Å². The lowest BCUT2D eigenvalue weighted by atomic mass is 10.0. The number of hydrogen-bond donors (Lipinski definition) is 1. The highest BCUT2D eigenvalue weighted by Gasteiger charge is 2.26. The van der Waals surface area contributed by atoms with Gasteiger partial charge in [0.1, 0.15) is 11.1 Å². The topological polar surface area (TPSA) is 93.5 Å². The second kappa shape index (κ2) is 10.6. The molecule has 172 valence electrons. The number of anilines is 1. The third kappa shape index (κ3) is 5.04. The van der Waals surface area contributed by atoms with Crippen LogP contribution in [-0.2, 0) is 23.0 Å². The van der Waals surface area contributed by atoms with Crippen molar-refractivity contribution in [3.8, 4) is 6.07 Å². The van der Waals surface area contributed by atoms with Crippen LogP contribution in [0.2, 0.25) is 0 Å². The monoisotopic (exact) mass is 474 g/mol. The molecule has 0 bridgehead atoms. The molecule has 9 heteroatoms. The number of fused-ring (bicyclic) bond motifs is 1. The van der Waals surface area contributed by atoms with E-state index in [4.69, 9.17) is 0 Å². The summed E-state index contributed by atoms with van der Waals surface area (Å²) in [6.07, 6.45) is 2.28. The van der Waals surface area contributed by atoms with Crippen LogP contribution in [0.1, 0.15) is 60.0 Å². The number of nitriles is 1. The fourth-order valence-electron chi connectivity index (χ4n) is 3.89. The van der Waals surface area contributed by atoms with Crippen LogP contribution in [0.15, 0.2) is 29.2 Å². The van der Waals surface area contributed by atoms with Crippen molar-refractivity contribution in [2.75, 3.05) is 31.5 Å². The molecule has 0 saturated carbocycles. The fraction of sp³-hybridized carbons (Fsp3) is 0.478. The van der Waals surface area contributed by atoms with Gasteiger partial charge in [0.05, 0.1) is 10.5 Å². The van der Waals surface area contributed by atoms with Crippen LogP contribution in [0.5, 0.6) is 0 Å². The zero-order chi connectivity index (χ0) is 23.3. The number of thiophene rings is 1. The number of likely N-dealkylation sites (N-methyl/N-ethyl adjacent to an activating group) is 1. The molecule has 1 aromatic heterocycles. The molecule has 0 aliphatic carbocycles. The van der Waals surface area contributed by atoms with Gasteiger partial charge in [-0.2, -0.15) is 9.57 Å². The maximum atomic E-state index is 12.9. The van der Waals surface area contributed by atoms with E-state index in [1.807, 2.05) is 13.8 Å². The molecule has 0 radical (unpaired) electrons. The van der Waals surface area contributed by atoms with Gasteiger partial charge in [0.15, 0.2) is 0 Å². The molecule has 0 fully saturated rings. The maximum absolute atomic E-state index is 12.9. The van der Waals surface area contributed by atoms with E-state index in [1.54, 1.807) is 0 Å². The largest absolute Gasteiger partial charge is 0.312 e. The molecule has 1 aliphatic rings. The first kappa shape index (κ1) is 24.4. The number of rotatable bonds is 9. The quantitative estimate of drug-likeness (QED) is 0.591. The molecule has 2 heterocycles. The SMILES string of the molecule is CCCN(CCC)S(=O)(=O)c1ccc(C(=O)Nc2sc3c(c2C#N)CCN(CC)C3)cc1. The summed E-state index contributed by atoms with van der Waals surface area (Å²) >= 11 is 1.45. The molecule has 2 aromatic rings. The summed E-state index contributed by atoms with van der Waals surface area (Å²) in [7, 11) is -3.59. The van der Waals surface area contributed by atoms with E-state index in [0.29, 0.717) is 29.2 Å². The number of nitrogens with one attached hydrogen (secondary N) is 1. The average Bonchev–Trinajstić information content (AvgIpc) is 3.14. The fourth-order valence-corrected chi connectivity index (χ4v) is 6.75. The van der Waals surface area contributed by atoms with Crippen molar-refractivity contribution in [1.29, 1.82) is 5.26 Å². The highest BCUT2D eigenvalue weighted by molar-refractivity contribution is 7.89. The first-order valence-electron chi connectivity index (χ1n) is 11.0. The Morgan fingerprint density at radius 2 is 1.84 bits per heavy atom. The molecule has 0 atom stereocenters. The van der Waals surface area contributed by atoms with Gasteiger partial charge in [-0.15, -0.1) is 11.3 Å². The van der Waals surface area contributed by atoms with Crippen LogP contribution in [0.3, 0.4) is 0 Å². The third-order valence-electron chi connectivity index (χ3n) is 5.62. The average molecular weight is 475 g/mol. The summed E-state index contributed by atoms with van der Waals surface area (Å²) in [5.74, 6) is -0.352. The Hall–Kier alpha value is -2.25. The summed E-state index contributed by atoms with van der Waals surface area (Å²) in [5.41, 5.74) is 1.93. The standard InChI is InChI=1S/C23H30N4O3S2/c1-4-12-27(13-5-2)32(29,30)18-9-7-17(8-10-18)22(28)25-23-20(15-24)19-11-14-26(6-3)16-21(19)31-23/h7-10H,4-6,11-14,16H2,1-3H3,(H,25,28). The highest BCUT2D eigenvalue weighted by Crippen LogP contribution is 2.36. The van der Waals surface area contributed by atoms with E-state index in [2.05, 4.69) is 23.2 Å². The number of amides is 1.